The number of hydrogen-bond donors (Lipinski definition) is 2. The zero-order valence-corrected chi connectivity index (χ0v) is 11.7. The quantitative estimate of drug-likeness (QED) is 0.850. The Labute approximate surface area is 113 Å². The molecule has 1 atom stereocenters. The zero-order valence-electron chi connectivity index (χ0n) is 10.9. The first-order chi connectivity index (χ1) is 8.89. The lowest BCUT2D eigenvalue weighted by Gasteiger charge is -2.23. The molecule has 0 aliphatic carbocycles. The molecular weight excluding hydrogens is 266 g/mol. The van der Waals surface area contributed by atoms with E-state index < -0.39 is 15.9 Å². The molecule has 5 nitrogen and oxygen atoms in total. The highest BCUT2D eigenvalue weighted by Crippen LogP contribution is 2.29. The summed E-state index contributed by atoms with van der Waals surface area (Å²) in [6.45, 7) is 2.69. The molecule has 0 amide bonds. The van der Waals surface area contributed by atoms with Crippen LogP contribution in [-0.2, 0) is 9.84 Å². The molecule has 1 aliphatic heterocycles. The fraction of sp³-hybridized carbons (Fsp3) is 0.538. The summed E-state index contributed by atoms with van der Waals surface area (Å²) in [7, 11) is -2.94. The van der Waals surface area contributed by atoms with Gasteiger partial charge in [-0.2, -0.15) is 0 Å². The second-order valence-corrected chi connectivity index (χ2v) is 7.22. The average molecular weight is 285 g/mol. The summed E-state index contributed by atoms with van der Waals surface area (Å²) in [5.74, 6) is 0.410. The van der Waals surface area contributed by atoms with E-state index in [1.165, 1.54) is 0 Å². The predicted molar refractivity (Wildman–Crippen MR) is 74.2 cm³/mol. The van der Waals surface area contributed by atoms with Gasteiger partial charge in [0, 0.05) is 30.4 Å². The van der Waals surface area contributed by atoms with E-state index in [9.17, 15) is 18.6 Å². The Morgan fingerprint density at radius 2 is 2.00 bits per heavy atom. The van der Waals surface area contributed by atoms with E-state index in [0.717, 1.165) is 5.69 Å². The lowest BCUT2D eigenvalue weighted by Crippen LogP contribution is -2.26. The van der Waals surface area contributed by atoms with Crippen molar-refractivity contribution < 1.29 is 18.6 Å². The molecule has 6 heteroatoms. The summed E-state index contributed by atoms with van der Waals surface area (Å²) in [4.78, 5) is 1.95. The van der Waals surface area contributed by atoms with Crippen molar-refractivity contribution in [1.82, 2.24) is 0 Å². The van der Waals surface area contributed by atoms with Crippen LogP contribution >= 0.6 is 0 Å². The minimum Gasteiger partial charge on any atom is -0.507 e. The van der Waals surface area contributed by atoms with Crippen LogP contribution in [-0.4, -0.2) is 43.2 Å². The SMILES string of the molecule is CC(O)c1ccc(N2CCCS(=O)(=O)CC2)cc1O. The number of aliphatic hydroxyl groups excluding tert-OH is 1. The minimum atomic E-state index is -2.94. The van der Waals surface area contributed by atoms with Crippen molar-refractivity contribution >= 4 is 15.5 Å². The van der Waals surface area contributed by atoms with Crippen LogP contribution in [0.4, 0.5) is 5.69 Å². The third-order valence-electron chi connectivity index (χ3n) is 3.38. The Hall–Kier alpha value is -1.27. The molecule has 0 bridgehead atoms. The van der Waals surface area contributed by atoms with Crippen molar-refractivity contribution in [1.29, 1.82) is 0 Å². The molecule has 1 aliphatic rings. The fourth-order valence-corrected chi connectivity index (χ4v) is 3.55. The number of phenolic OH excluding ortho intramolecular Hbond substituents is 1. The third kappa shape index (κ3) is 3.39. The molecule has 1 unspecified atom stereocenters. The second-order valence-electron chi connectivity index (χ2n) is 4.91. The first kappa shape index (κ1) is 14.1. The van der Waals surface area contributed by atoms with Gasteiger partial charge in [-0.25, -0.2) is 8.42 Å². The van der Waals surface area contributed by atoms with Gasteiger partial charge in [0.2, 0.25) is 0 Å². The van der Waals surface area contributed by atoms with Gasteiger partial charge in [0.1, 0.15) is 5.75 Å². The Balaban J connectivity index is 2.20. The molecule has 0 saturated carbocycles. The van der Waals surface area contributed by atoms with Crippen molar-refractivity contribution in [2.45, 2.75) is 19.4 Å². The van der Waals surface area contributed by atoms with E-state index in [4.69, 9.17) is 0 Å². The first-order valence-corrected chi connectivity index (χ1v) is 8.17. The van der Waals surface area contributed by atoms with Crippen LogP contribution in [0.15, 0.2) is 18.2 Å². The highest BCUT2D eigenvalue weighted by Gasteiger charge is 2.20. The number of nitrogens with zero attached hydrogens (tertiary/aromatic N) is 1. The number of anilines is 1. The smallest absolute Gasteiger partial charge is 0.152 e. The molecule has 1 fully saturated rings. The second kappa shape index (κ2) is 5.38. The molecular formula is C13H19NO4S. The fourth-order valence-electron chi connectivity index (χ4n) is 2.28. The van der Waals surface area contributed by atoms with Crippen molar-refractivity contribution in [3.05, 3.63) is 23.8 Å². The topological polar surface area (TPSA) is 77.8 Å². The van der Waals surface area contributed by atoms with Crippen LogP contribution in [0.5, 0.6) is 5.75 Å². The van der Waals surface area contributed by atoms with Crippen LogP contribution < -0.4 is 4.90 Å². The summed E-state index contributed by atoms with van der Waals surface area (Å²) in [6.07, 6.45) is -0.125. The Bertz CT molecular complexity index is 554. The molecule has 106 valence electrons. The van der Waals surface area contributed by atoms with Gasteiger partial charge in [-0.15, -0.1) is 0 Å². The van der Waals surface area contributed by atoms with Gasteiger partial charge in [-0.3, -0.25) is 0 Å². The monoisotopic (exact) mass is 285 g/mol. The Morgan fingerprint density at radius 3 is 2.63 bits per heavy atom. The normalized spacial score (nSPS) is 20.8. The van der Waals surface area contributed by atoms with Crippen LogP contribution in [0.1, 0.15) is 25.0 Å². The van der Waals surface area contributed by atoms with Crippen molar-refractivity contribution in [2.75, 3.05) is 29.5 Å². The Kier molecular flexibility index (Phi) is 4.01. The summed E-state index contributed by atoms with van der Waals surface area (Å²) < 4.78 is 23.1. The van der Waals surface area contributed by atoms with E-state index in [-0.39, 0.29) is 17.3 Å². The number of aliphatic hydroxyl groups is 1. The molecule has 1 aromatic rings. The lowest BCUT2D eigenvalue weighted by atomic mass is 10.1. The highest BCUT2D eigenvalue weighted by atomic mass is 32.2. The van der Waals surface area contributed by atoms with Gasteiger partial charge < -0.3 is 15.1 Å². The van der Waals surface area contributed by atoms with Gasteiger partial charge in [-0.05, 0) is 19.4 Å². The van der Waals surface area contributed by atoms with E-state index in [1.54, 1.807) is 25.1 Å². The molecule has 2 rings (SSSR count). The number of hydrogen-bond acceptors (Lipinski definition) is 5. The molecule has 2 N–H and O–H groups in total. The van der Waals surface area contributed by atoms with Crippen LogP contribution in [0.2, 0.25) is 0 Å². The van der Waals surface area contributed by atoms with Crippen LogP contribution in [0.25, 0.3) is 0 Å². The molecule has 0 spiro atoms. The van der Waals surface area contributed by atoms with Gasteiger partial charge in [0.05, 0.1) is 17.6 Å². The third-order valence-corrected chi connectivity index (χ3v) is 5.10. The summed E-state index contributed by atoms with van der Waals surface area (Å²) >= 11 is 0. The number of sulfone groups is 1. The van der Waals surface area contributed by atoms with Gasteiger partial charge in [0.15, 0.2) is 9.84 Å². The van der Waals surface area contributed by atoms with Crippen molar-refractivity contribution in [3.63, 3.8) is 0 Å². The number of aromatic hydroxyl groups is 1. The van der Waals surface area contributed by atoms with E-state index >= 15 is 0 Å². The molecule has 0 radical (unpaired) electrons. The zero-order chi connectivity index (χ0) is 14.0. The summed E-state index contributed by atoms with van der Waals surface area (Å²) in [6, 6.07) is 5.06. The van der Waals surface area contributed by atoms with E-state index in [0.29, 0.717) is 25.1 Å². The van der Waals surface area contributed by atoms with Gasteiger partial charge >= 0.3 is 0 Å². The first-order valence-electron chi connectivity index (χ1n) is 6.35. The number of phenols is 1. The maximum Gasteiger partial charge on any atom is 0.152 e. The van der Waals surface area contributed by atoms with Crippen LogP contribution in [0, 0.1) is 0 Å². The maximum atomic E-state index is 11.5. The molecule has 1 saturated heterocycles. The van der Waals surface area contributed by atoms with E-state index in [2.05, 4.69) is 0 Å². The van der Waals surface area contributed by atoms with Crippen LogP contribution in [0.3, 0.4) is 0 Å². The Morgan fingerprint density at radius 1 is 1.26 bits per heavy atom. The van der Waals surface area contributed by atoms with Crippen molar-refractivity contribution in [3.8, 4) is 5.75 Å². The largest absolute Gasteiger partial charge is 0.507 e. The lowest BCUT2D eigenvalue weighted by molar-refractivity contribution is 0.195. The highest BCUT2D eigenvalue weighted by molar-refractivity contribution is 7.91. The standard InChI is InChI=1S/C13H19NO4S/c1-10(15)12-4-3-11(9-13(12)16)14-5-2-7-19(17,18)8-6-14/h3-4,9-10,15-16H,2,5-8H2,1H3. The predicted octanol–water partition coefficient (Wildman–Crippen LogP) is 1.07. The average Bonchev–Trinajstić information content (AvgIpc) is 2.49. The number of rotatable bonds is 2. The maximum absolute atomic E-state index is 11.5. The van der Waals surface area contributed by atoms with E-state index in [1.807, 2.05) is 4.90 Å². The number of benzene rings is 1. The summed E-state index contributed by atoms with van der Waals surface area (Å²) in [5.41, 5.74) is 1.27. The minimum absolute atomic E-state index is 0.0413. The molecule has 0 aromatic heterocycles. The molecule has 1 heterocycles. The molecule has 19 heavy (non-hydrogen) atoms. The summed E-state index contributed by atoms with van der Waals surface area (Å²) in [5, 5.41) is 19.3. The van der Waals surface area contributed by atoms with Gasteiger partial charge in [0.25, 0.3) is 0 Å². The van der Waals surface area contributed by atoms with Crippen molar-refractivity contribution in [2.24, 2.45) is 0 Å². The molecule has 1 aromatic carbocycles. The van der Waals surface area contributed by atoms with Gasteiger partial charge in [-0.1, -0.05) is 6.07 Å².